The summed E-state index contributed by atoms with van der Waals surface area (Å²) in [4.78, 5) is 12.6. The van der Waals surface area contributed by atoms with Gasteiger partial charge in [-0.1, -0.05) is 36.1 Å². The molecule has 0 aliphatic heterocycles. The fourth-order valence-electron chi connectivity index (χ4n) is 2.24. The average Bonchev–Trinajstić information content (AvgIpc) is 3.35. The first kappa shape index (κ1) is 18.3. The Morgan fingerprint density at radius 3 is 2.92 bits per heavy atom. The summed E-state index contributed by atoms with van der Waals surface area (Å²) in [6, 6.07) is 3.61. The summed E-state index contributed by atoms with van der Waals surface area (Å²) >= 11 is 2.69. The van der Waals surface area contributed by atoms with Crippen molar-refractivity contribution in [2.75, 3.05) is 5.32 Å². The molecule has 3 aromatic rings. The van der Waals surface area contributed by atoms with E-state index in [2.05, 4.69) is 32.3 Å². The number of carbonyl (C=O) groups excluding carboxylic acids is 1. The highest BCUT2D eigenvalue weighted by Gasteiger charge is 2.24. The van der Waals surface area contributed by atoms with Gasteiger partial charge in [-0.15, -0.1) is 27.0 Å². The van der Waals surface area contributed by atoms with E-state index in [4.69, 9.17) is 4.42 Å². The summed E-state index contributed by atoms with van der Waals surface area (Å²) < 4.78 is 7.30. The van der Waals surface area contributed by atoms with Crippen LogP contribution in [-0.4, -0.2) is 36.1 Å². The lowest BCUT2D eigenvalue weighted by atomic mass is 10.3. The SMILES string of the molecule is C=CCn1c(SC(CC)C(=O)Nc2nnc(C)s2)nnc1-c1ccco1. The Morgan fingerprint density at radius 1 is 1.46 bits per heavy atom. The number of aromatic nitrogens is 5. The van der Waals surface area contributed by atoms with Gasteiger partial charge in [0, 0.05) is 6.54 Å². The van der Waals surface area contributed by atoms with Crippen molar-refractivity contribution in [2.24, 2.45) is 0 Å². The number of hydrogen-bond acceptors (Lipinski definition) is 8. The molecule has 0 radical (unpaired) electrons. The van der Waals surface area contributed by atoms with E-state index in [1.165, 1.54) is 23.1 Å². The first-order valence-electron chi connectivity index (χ1n) is 7.98. The molecule has 136 valence electrons. The maximum Gasteiger partial charge on any atom is 0.239 e. The molecule has 8 nitrogen and oxygen atoms in total. The molecular formula is C16H18N6O2S2. The number of aryl methyl sites for hydroxylation is 1. The highest BCUT2D eigenvalue weighted by molar-refractivity contribution is 8.00. The zero-order valence-electron chi connectivity index (χ0n) is 14.4. The maximum atomic E-state index is 12.6. The molecule has 0 fully saturated rings. The van der Waals surface area contributed by atoms with E-state index in [1.54, 1.807) is 18.4 Å². The smallest absolute Gasteiger partial charge is 0.239 e. The van der Waals surface area contributed by atoms with Gasteiger partial charge in [-0.3, -0.25) is 14.7 Å². The zero-order chi connectivity index (χ0) is 18.5. The second-order valence-corrected chi connectivity index (χ2v) is 7.66. The first-order valence-corrected chi connectivity index (χ1v) is 9.67. The van der Waals surface area contributed by atoms with Crippen LogP contribution in [0.15, 0.2) is 40.6 Å². The van der Waals surface area contributed by atoms with Crippen molar-refractivity contribution in [1.29, 1.82) is 0 Å². The van der Waals surface area contributed by atoms with Crippen molar-refractivity contribution >= 4 is 34.1 Å². The number of amides is 1. The summed E-state index contributed by atoms with van der Waals surface area (Å²) in [5.74, 6) is 1.08. The van der Waals surface area contributed by atoms with E-state index >= 15 is 0 Å². The predicted octanol–water partition coefficient (Wildman–Crippen LogP) is 3.39. The number of anilines is 1. The van der Waals surface area contributed by atoms with Gasteiger partial charge in [0.05, 0.1) is 11.5 Å². The van der Waals surface area contributed by atoms with Gasteiger partial charge < -0.3 is 4.42 Å². The molecule has 3 rings (SSSR count). The van der Waals surface area contributed by atoms with Crippen molar-refractivity contribution < 1.29 is 9.21 Å². The van der Waals surface area contributed by atoms with Crippen molar-refractivity contribution in [1.82, 2.24) is 25.0 Å². The lowest BCUT2D eigenvalue weighted by Crippen LogP contribution is -2.25. The van der Waals surface area contributed by atoms with Crippen molar-refractivity contribution in [3.05, 3.63) is 36.1 Å². The normalized spacial score (nSPS) is 12.1. The van der Waals surface area contributed by atoms with Crippen LogP contribution in [0.4, 0.5) is 5.13 Å². The third-order valence-corrected chi connectivity index (χ3v) is 5.54. The van der Waals surface area contributed by atoms with Crippen LogP contribution in [0, 0.1) is 6.92 Å². The summed E-state index contributed by atoms with van der Waals surface area (Å²) in [6.07, 6.45) is 3.97. The number of thioether (sulfide) groups is 1. The highest BCUT2D eigenvalue weighted by Crippen LogP contribution is 2.29. The predicted molar refractivity (Wildman–Crippen MR) is 101 cm³/mol. The second-order valence-electron chi connectivity index (χ2n) is 5.31. The van der Waals surface area contributed by atoms with E-state index < -0.39 is 0 Å². The van der Waals surface area contributed by atoms with Crippen molar-refractivity contribution in [2.45, 2.75) is 37.2 Å². The first-order chi connectivity index (χ1) is 12.6. The summed E-state index contributed by atoms with van der Waals surface area (Å²) in [5.41, 5.74) is 0. The van der Waals surface area contributed by atoms with Crippen LogP contribution in [0.2, 0.25) is 0 Å². The summed E-state index contributed by atoms with van der Waals surface area (Å²) in [7, 11) is 0. The van der Waals surface area contributed by atoms with Crippen LogP contribution in [0.5, 0.6) is 0 Å². The molecule has 3 aromatic heterocycles. The topological polar surface area (TPSA) is 98.7 Å². The third-order valence-electron chi connectivity index (χ3n) is 3.44. The molecule has 0 saturated carbocycles. The lowest BCUT2D eigenvalue weighted by Gasteiger charge is -2.13. The average molecular weight is 390 g/mol. The number of carbonyl (C=O) groups is 1. The van der Waals surface area contributed by atoms with Crippen LogP contribution in [0.25, 0.3) is 11.6 Å². The fourth-order valence-corrected chi connectivity index (χ4v) is 3.80. The number of nitrogens with zero attached hydrogens (tertiary/aromatic N) is 5. The molecule has 1 N–H and O–H groups in total. The third kappa shape index (κ3) is 4.02. The van der Waals surface area contributed by atoms with E-state index in [0.717, 1.165) is 5.01 Å². The Bertz CT molecular complexity index is 887. The van der Waals surface area contributed by atoms with Crippen molar-refractivity contribution in [3.63, 3.8) is 0 Å². The number of allylic oxidation sites excluding steroid dienone is 1. The zero-order valence-corrected chi connectivity index (χ0v) is 16.0. The Labute approximate surface area is 158 Å². The molecule has 0 spiro atoms. The second kappa shape index (κ2) is 8.28. The quantitative estimate of drug-likeness (QED) is 0.465. The molecule has 0 aromatic carbocycles. The molecule has 0 bridgehead atoms. The summed E-state index contributed by atoms with van der Waals surface area (Å²) in [5, 5.41) is 20.7. The molecule has 3 heterocycles. The molecule has 0 aliphatic rings. The van der Waals surface area contributed by atoms with Crippen LogP contribution in [-0.2, 0) is 11.3 Å². The number of nitrogens with one attached hydrogen (secondary N) is 1. The molecule has 1 amide bonds. The molecule has 0 aliphatic carbocycles. The number of furan rings is 1. The Morgan fingerprint density at radius 2 is 2.31 bits per heavy atom. The Balaban J connectivity index is 1.79. The largest absolute Gasteiger partial charge is 0.461 e. The van der Waals surface area contributed by atoms with Crippen LogP contribution in [0.1, 0.15) is 18.4 Å². The minimum atomic E-state index is -0.337. The summed E-state index contributed by atoms with van der Waals surface area (Å²) in [6.45, 7) is 8.08. The van der Waals surface area contributed by atoms with Crippen LogP contribution >= 0.6 is 23.1 Å². The van der Waals surface area contributed by atoms with Gasteiger partial charge in [0.25, 0.3) is 0 Å². The Kier molecular flexibility index (Phi) is 5.84. The highest BCUT2D eigenvalue weighted by atomic mass is 32.2. The van der Waals surface area contributed by atoms with Gasteiger partial charge in [-0.25, -0.2) is 0 Å². The minimum Gasteiger partial charge on any atom is -0.461 e. The van der Waals surface area contributed by atoms with Gasteiger partial charge >= 0.3 is 0 Å². The van der Waals surface area contributed by atoms with Gasteiger partial charge in [-0.05, 0) is 25.5 Å². The number of rotatable bonds is 8. The molecule has 10 heteroatoms. The molecule has 1 unspecified atom stereocenters. The van der Waals surface area contributed by atoms with Crippen LogP contribution < -0.4 is 5.32 Å². The van der Waals surface area contributed by atoms with E-state index in [0.29, 0.717) is 34.8 Å². The molecular weight excluding hydrogens is 372 g/mol. The number of hydrogen-bond donors (Lipinski definition) is 1. The lowest BCUT2D eigenvalue weighted by molar-refractivity contribution is -0.115. The molecule has 1 atom stereocenters. The van der Waals surface area contributed by atoms with Gasteiger partial charge in [0.1, 0.15) is 5.01 Å². The van der Waals surface area contributed by atoms with Gasteiger partial charge in [-0.2, -0.15) is 0 Å². The van der Waals surface area contributed by atoms with Crippen molar-refractivity contribution in [3.8, 4) is 11.6 Å². The minimum absolute atomic E-state index is 0.138. The molecule has 0 saturated heterocycles. The van der Waals surface area contributed by atoms with E-state index in [-0.39, 0.29) is 11.2 Å². The monoisotopic (exact) mass is 390 g/mol. The Hall–Kier alpha value is -2.46. The maximum absolute atomic E-state index is 12.6. The standard InChI is InChI=1S/C16H18N6O2S2/c1-4-8-22-13(11-7-6-9-24-11)19-21-16(22)26-12(5-2)14(23)17-15-20-18-10(3)25-15/h4,6-7,9,12H,1,5,8H2,2-3H3,(H,17,20,23). The van der Waals surface area contributed by atoms with Gasteiger partial charge in [0.2, 0.25) is 16.9 Å². The fraction of sp³-hybridized carbons (Fsp3) is 0.312. The van der Waals surface area contributed by atoms with E-state index in [1.807, 2.05) is 24.5 Å². The van der Waals surface area contributed by atoms with Crippen LogP contribution in [0.3, 0.4) is 0 Å². The van der Waals surface area contributed by atoms with E-state index in [9.17, 15) is 4.79 Å². The molecule has 26 heavy (non-hydrogen) atoms. The van der Waals surface area contributed by atoms with Gasteiger partial charge in [0.15, 0.2) is 10.9 Å².